The lowest BCUT2D eigenvalue weighted by atomic mass is 10.2. The lowest BCUT2D eigenvalue weighted by molar-refractivity contribution is 0.108. The molecule has 1 fully saturated rings. The second kappa shape index (κ2) is 5.23. The number of ether oxygens (including phenoxy) is 1. The molecule has 0 aromatic carbocycles. The van der Waals surface area contributed by atoms with E-state index < -0.39 is 0 Å². The van der Waals surface area contributed by atoms with Gasteiger partial charge in [-0.15, -0.1) is 0 Å². The van der Waals surface area contributed by atoms with Crippen molar-refractivity contribution in [3.8, 4) is 0 Å². The summed E-state index contributed by atoms with van der Waals surface area (Å²) in [6.45, 7) is 6.16. The summed E-state index contributed by atoms with van der Waals surface area (Å²) in [4.78, 5) is 15.7. The zero-order valence-electron chi connectivity index (χ0n) is 9.95. The van der Waals surface area contributed by atoms with E-state index in [-0.39, 0.29) is 6.09 Å². The standard InChI is InChI=1S/C12H20N2O2/c1-2-16-12(15)14-9-5-11(6-10-14)13-7-3-4-8-13/h5H,2-4,6-10H2,1H3. The van der Waals surface area contributed by atoms with Crippen LogP contribution in [0, 0.1) is 0 Å². The molecule has 1 amide bonds. The van der Waals surface area contributed by atoms with Gasteiger partial charge < -0.3 is 14.5 Å². The van der Waals surface area contributed by atoms with Crippen LogP contribution in [-0.2, 0) is 4.74 Å². The molecule has 0 bridgehead atoms. The minimum absolute atomic E-state index is 0.181. The van der Waals surface area contributed by atoms with Crippen LogP contribution in [0.5, 0.6) is 0 Å². The van der Waals surface area contributed by atoms with Crippen molar-refractivity contribution in [2.75, 3.05) is 32.8 Å². The van der Waals surface area contributed by atoms with Crippen LogP contribution in [-0.4, -0.2) is 48.7 Å². The molecule has 16 heavy (non-hydrogen) atoms. The van der Waals surface area contributed by atoms with Gasteiger partial charge in [0.1, 0.15) is 0 Å². The molecule has 0 aromatic rings. The van der Waals surface area contributed by atoms with Crippen molar-refractivity contribution in [1.82, 2.24) is 9.80 Å². The number of hydrogen-bond donors (Lipinski definition) is 0. The molecule has 2 aliphatic heterocycles. The molecule has 0 aliphatic carbocycles. The fourth-order valence-electron chi connectivity index (χ4n) is 2.33. The van der Waals surface area contributed by atoms with Crippen LogP contribution in [0.15, 0.2) is 11.8 Å². The Hall–Kier alpha value is -1.19. The summed E-state index contributed by atoms with van der Waals surface area (Å²) in [5.74, 6) is 0. The minimum Gasteiger partial charge on any atom is -0.450 e. The number of carbonyl (C=O) groups excluding carboxylic acids is 1. The molecular formula is C12H20N2O2. The van der Waals surface area contributed by atoms with Crippen molar-refractivity contribution < 1.29 is 9.53 Å². The Morgan fingerprint density at radius 3 is 2.69 bits per heavy atom. The van der Waals surface area contributed by atoms with Gasteiger partial charge in [-0.05, 0) is 25.8 Å². The fraction of sp³-hybridized carbons (Fsp3) is 0.750. The smallest absolute Gasteiger partial charge is 0.410 e. The Morgan fingerprint density at radius 1 is 1.38 bits per heavy atom. The van der Waals surface area contributed by atoms with Gasteiger partial charge in [-0.3, -0.25) is 0 Å². The highest BCUT2D eigenvalue weighted by Gasteiger charge is 2.22. The summed E-state index contributed by atoms with van der Waals surface area (Å²) in [6, 6.07) is 0. The molecule has 2 rings (SSSR count). The van der Waals surface area contributed by atoms with E-state index in [1.807, 2.05) is 6.92 Å². The largest absolute Gasteiger partial charge is 0.450 e. The van der Waals surface area contributed by atoms with Crippen molar-refractivity contribution in [3.05, 3.63) is 11.8 Å². The maximum atomic E-state index is 11.5. The van der Waals surface area contributed by atoms with Gasteiger partial charge in [-0.25, -0.2) is 4.79 Å². The average molecular weight is 224 g/mol. The highest BCUT2D eigenvalue weighted by molar-refractivity contribution is 5.68. The van der Waals surface area contributed by atoms with Crippen LogP contribution < -0.4 is 0 Å². The molecule has 2 heterocycles. The summed E-state index contributed by atoms with van der Waals surface area (Å²) in [5, 5.41) is 0. The zero-order valence-corrected chi connectivity index (χ0v) is 9.95. The highest BCUT2D eigenvalue weighted by atomic mass is 16.6. The number of likely N-dealkylation sites (tertiary alicyclic amines) is 1. The van der Waals surface area contributed by atoms with E-state index in [4.69, 9.17) is 4.74 Å². The van der Waals surface area contributed by atoms with Gasteiger partial charge in [-0.1, -0.05) is 0 Å². The predicted molar refractivity (Wildman–Crippen MR) is 62.1 cm³/mol. The third-order valence-corrected chi connectivity index (χ3v) is 3.22. The molecule has 0 unspecified atom stereocenters. The van der Waals surface area contributed by atoms with E-state index in [1.54, 1.807) is 4.90 Å². The molecule has 0 aromatic heterocycles. The topological polar surface area (TPSA) is 32.8 Å². The number of nitrogens with zero attached hydrogens (tertiary/aromatic N) is 2. The van der Waals surface area contributed by atoms with E-state index in [0.717, 1.165) is 13.0 Å². The lowest BCUT2D eigenvalue weighted by Crippen LogP contribution is -2.37. The first-order valence-electron chi connectivity index (χ1n) is 6.17. The third-order valence-electron chi connectivity index (χ3n) is 3.22. The van der Waals surface area contributed by atoms with Crippen molar-refractivity contribution in [2.45, 2.75) is 26.2 Å². The van der Waals surface area contributed by atoms with Gasteiger partial charge in [0, 0.05) is 38.3 Å². The molecule has 4 nitrogen and oxygen atoms in total. The second-order valence-corrected chi connectivity index (χ2v) is 4.28. The normalized spacial score (nSPS) is 20.9. The van der Waals surface area contributed by atoms with Crippen LogP contribution in [0.1, 0.15) is 26.2 Å². The number of carbonyl (C=O) groups is 1. The summed E-state index contributed by atoms with van der Waals surface area (Å²) >= 11 is 0. The van der Waals surface area contributed by atoms with E-state index in [1.165, 1.54) is 31.6 Å². The van der Waals surface area contributed by atoms with Gasteiger partial charge in [0.05, 0.1) is 6.61 Å². The number of amides is 1. The van der Waals surface area contributed by atoms with E-state index >= 15 is 0 Å². The number of hydrogen-bond acceptors (Lipinski definition) is 3. The Bertz CT molecular complexity index is 283. The highest BCUT2D eigenvalue weighted by Crippen LogP contribution is 2.20. The maximum absolute atomic E-state index is 11.5. The number of rotatable bonds is 2. The van der Waals surface area contributed by atoms with Crippen molar-refractivity contribution in [1.29, 1.82) is 0 Å². The summed E-state index contributed by atoms with van der Waals surface area (Å²) in [5.41, 5.74) is 1.41. The second-order valence-electron chi connectivity index (χ2n) is 4.28. The Labute approximate surface area is 96.8 Å². The monoisotopic (exact) mass is 224 g/mol. The average Bonchev–Trinajstić information content (AvgIpc) is 2.83. The quantitative estimate of drug-likeness (QED) is 0.717. The minimum atomic E-state index is -0.181. The molecule has 0 radical (unpaired) electrons. The van der Waals surface area contributed by atoms with Crippen molar-refractivity contribution in [2.24, 2.45) is 0 Å². The molecular weight excluding hydrogens is 204 g/mol. The van der Waals surface area contributed by atoms with Crippen LogP contribution in [0.25, 0.3) is 0 Å². The molecule has 0 spiro atoms. The molecule has 0 saturated carbocycles. The van der Waals surface area contributed by atoms with E-state index in [0.29, 0.717) is 13.2 Å². The van der Waals surface area contributed by atoms with E-state index in [9.17, 15) is 4.79 Å². The van der Waals surface area contributed by atoms with Gasteiger partial charge in [0.15, 0.2) is 0 Å². The molecule has 0 atom stereocenters. The molecule has 0 N–H and O–H groups in total. The molecule has 2 aliphatic rings. The Balaban J connectivity index is 1.86. The summed E-state index contributed by atoms with van der Waals surface area (Å²) < 4.78 is 4.99. The first-order chi connectivity index (χ1) is 7.81. The van der Waals surface area contributed by atoms with Gasteiger partial charge in [-0.2, -0.15) is 0 Å². The molecule has 1 saturated heterocycles. The fourth-order valence-corrected chi connectivity index (χ4v) is 2.33. The van der Waals surface area contributed by atoms with Crippen molar-refractivity contribution in [3.63, 3.8) is 0 Å². The lowest BCUT2D eigenvalue weighted by Gasteiger charge is -2.30. The SMILES string of the molecule is CCOC(=O)N1CC=C(N2CCCC2)CC1. The Morgan fingerprint density at radius 2 is 2.12 bits per heavy atom. The van der Waals surface area contributed by atoms with Crippen LogP contribution >= 0.6 is 0 Å². The Kier molecular flexibility index (Phi) is 3.70. The van der Waals surface area contributed by atoms with Crippen molar-refractivity contribution >= 4 is 6.09 Å². The zero-order chi connectivity index (χ0) is 11.4. The molecule has 90 valence electrons. The van der Waals surface area contributed by atoms with E-state index in [2.05, 4.69) is 11.0 Å². The third kappa shape index (κ3) is 2.49. The first-order valence-corrected chi connectivity index (χ1v) is 6.17. The van der Waals surface area contributed by atoms with Gasteiger partial charge in [0.2, 0.25) is 0 Å². The van der Waals surface area contributed by atoms with Gasteiger partial charge >= 0.3 is 6.09 Å². The van der Waals surface area contributed by atoms with Crippen LogP contribution in [0.4, 0.5) is 4.79 Å². The van der Waals surface area contributed by atoms with Crippen LogP contribution in [0.2, 0.25) is 0 Å². The predicted octanol–water partition coefficient (Wildman–Crippen LogP) is 1.83. The first kappa shape index (κ1) is 11.3. The summed E-state index contributed by atoms with van der Waals surface area (Å²) in [6.07, 6.45) is 5.57. The van der Waals surface area contributed by atoms with Gasteiger partial charge in [0.25, 0.3) is 0 Å². The molecule has 4 heteroatoms. The summed E-state index contributed by atoms with van der Waals surface area (Å²) in [7, 11) is 0. The maximum Gasteiger partial charge on any atom is 0.410 e. The van der Waals surface area contributed by atoms with Crippen LogP contribution in [0.3, 0.4) is 0 Å².